The molecule has 192 valence electrons. The summed E-state index contributed by atoms with van der Waals surface area (Å²) in [6.45, 7) is 17.2. The molecule has 0 saturated heterocycles. The molecule has 0 heterocycles. The van der Waals surface area contributed by atoms with Crippen LogP contribution in [0.3, 0.4) is 0 Å². The van der Waals surface area contributed by atoms with E-state index in [0.29, 0.717) is 13.2 Å². The smallest absolute Gasteiger partial charge is 0.434 e. The highest BCUT2D eigenvalue weighted by atomic mass is 16.7. The predicted molar refractivity (Wildman–Crippen MR) is 138 cm³/mol. The van der Waals surface area contributed by atoms with Crippen LogP contribution in [0.2, 0.25) is 0 Å². The Morgan fingerprint density at radius 2 is 0.781 bits per heavy atom. The second-order valence-corrected chi connectivity index (χ2v) is 9.17. The van der Waals surface area contributed by atoms with Crippen LogP contribution in [-0.2, 0) is 9.47 Å². The van der Waals surface area contributed by atoms with Gasteiger partial charge < -0.3 is 19.3 Å². The van der Waals surface area contributed by atoms with E-state index in [-0.39, 0.29) is 0 Å². The Balaban J connectivity index is 3.64. The van der Waals surface area contributed by atoms with Crippen LogP contribution >= 0.6 is 0 Å². The van der Waals surface area contributed by atoms with Gasteiger partial charge in [-0.3, -0.25) is 0 Å². The molecule has 0 aliphatic rings. The number of carbonyl (C=O) groups is 1. The molecule has 0 amide bonds. The Bertz CT molecular complexity index is 343. The van der Waals surface area contributed by atoms with Gasteiger partial charge in [0.25, 0.3) is 0 Å². The van der Waals surface area contributed by atoms with Gasteiger partial charge in [-0.1, -0.05) is 53.4 Å². The Kier molecular flexibility index (Phi) is 24.2. The molecule has 0 unspecified atom stereocenters. The van der Waals surface area contributed by atoms with Gasteiger partial charge in [-0.2, -0.15) is 0 Å². The van der Waals surface area contributed by atoms with Crippen molar-refractivity contribution < 1.29 is 14.3 Å². The lowest BCUT2D eigenvalue weighted by Crippen LogP contribution is -2.27. The molecule has 5 heteroatoms. The maximum absolute atomic E-state index is 11.7. The molecule has 0 atom stereocenters. The summed E-state index contributed by atoms with van der Waals surface area (Å²) in [4.78, 5) is 16.9. The Morgan fingerprint density at radius 1 is 0.469 bits per heavy atom. The summed E-state index contributed by atoms with van der Waals surface area (Å²) >= 11 is 0. The molecular formula is C27H56N2O3. The summed E-state index contributed by atoms with van der Waals surface area (Å²) in [5.41, 5.74) is 0. The van der Waals surface area contributed by atoms with Crippen molar-refractivity contribution in [2.75, 3.05) is 52.5 Å². The van der Waals surface area contributed by atoms with Gasteiger partial charge in [0.2, 0.25) is 0 Å². The highest BCUT2D eigenvalue weighted by Gasteiger charge is 2.06. The highest BCUT2D eigenvalue weighted by Crippen LogP contribution is 2.06. The fourth-order valence-corrected chi connectivity index (χ4v) is 3.78. The van der Waals surface area contributed by atoms with E-state index in [1.807, 2.05) is 0 Å². The molecule has 0 rings (SSSR count). The van der Waals surface area contributed by atoms with Crippen molar-refractivity contribution in [3.63, 3.8) is 0 Å². The first kappa shape index (κ1) is 31.2. The van der Waals surface area contributed by atoms with E-state index in [9.17, 15) is 4.79 Å². The predicted octanol–water partition coefficient (Wildman–Crippen LogP) is 7.28. The molecule has 5 nitrogen and oxygen atoms in total. The first-order valence-electron chi connectivity index (χ1n) is 13.9. The van der Waals surface area contributed by atoms with E-state index in [1.165, 1.54) is 103 Å². The third-order valence-corrected chi connectivity index (χ3v) is 5.99. The van der Waals surface area contributed by atoms with E-state index < -0.39 is 6.16 Å². The lowest BCUT2D eigenvalue weighted by atomic mass is 10.2. The summed E-state index contributed by atoms with van der Waals surface area (Å²) in [6.07, 6.45) is 16.1. The molecule has 0 radical (unpaired) electrons. The molecule has 0 bridgehead atoms. The maximum atomic E-state index is 11.7. The molecule has 0 spiro atoms. The van der Waals surface area contributed by atoms with Crippen LogP contribution in [0.1, 0.15) is 118 Å². The molecule has 0 saturated carbocycles. The molecule has 0 aromatic rings. The first-order chi connectivity index (χ1) is 15.7. The molecule has 0 aliphatic carbocycles. The molecule has 0 aromatic heterocycles. The van der Waals surface area contributed by atoms with E-state index in [2.05, 4.69) is 37.5 Å². The lowest BCUT2D eigenvalue weighted by molar-refractivity contribution is 0.0526. The minimum Gasteiger partial charge on any atom is -0.434 e. The van der Waals surface area contributed by atoms with Crippen molar-refractivity contribution in [1.82, 2.24) is 9.80 Å². The van der Waals surface area contributed by atoms with Crippen LogP contribution < -0.4 is 0 Å². The van der Waals surface area contributed by atoms with Gasteiger partial charge in [0.15, 0.2) is 0 Å². The average molecular weight is 457 g/mol. The van der Waals surface area contributed by atoms with Gasteiger partial charge in [0.05, 0.1) is 13.2 Å². The summed E-state index contributed by atoms with van der Waals surface area (Å²) in [7, 11) is 0. The largest absolute Gasteiger partial charge is 0.508 e. The van der Waals surface area contributed by atoms with Crippen molar-refractivity contribution in [3.8, 4) is 0 Å². The number of hydrogen-bond donors (Lipinski definition) is 0. The van der Waals surface area contributed by atoms with Crippen molar-refractivity contribution in [3.05, 3.63) is 0 Å². The first-order valence-corrected chi connectivity index (χ1v) is 13.9. The molecule has 0 N–H and O–H groups in total. The maximum Gasteiger partial charge on any atom is 0.508 e. The minimum atomic E-state index is -0.495. The standard InChI is InChI=1S/C27H56N2O3/c1-5-9-19-28(20-10-6-2)23-15-13-17-25-31-27(30)32-26-18-14-16-24-29(21-11-7-3)22-12-8-4/h5-26H2,1-4H3. The van der Waals surface area contributed by atoms with Crippen LogP contribution in [0.5, 0.6) is 0 Å². The summed E-state index contributed by atoms with van der Waals surface area (Å²) in [5, 5.41) is 0. The molecular weight excluding hydrogens is 400 g/mol. The molecule has 0 aromatic carbocycles. The number of carbonyl (C=O) groups excluding carboxylic acids is 1. The fraction of sp³-hybridized carbons (Fsp3) is 0.963. The van der Waals surface area contributed by atoms with Crippen LogP contribution in [0.25, 0.3) is 0 Å². The van der Waals surface area contributed by atoms with Gasteiger partial charge in [0, 0.05) is 0 Å². The van der Waals surface area contributed by atoms with Crippen molar-refractivity contribution in [2.24, 2.45) is 0 Å². The topological polar surface area (TPSA) is 42.0 Å². The van der Waals surface area contributed by atoms with Crippen LogP contribution in [0.15, 0.2) is 0 Å². The van der Waals surface area contributed by atoms with E-state index in [1.54, 1.807) is 0 Å². The average Bonchev–Trinajstić information content (AvgIpc) is 2.80. The normalized spacial score (nSPS) is 11.4. The van der Waals surface area contributed by atoms with E-state index in [0.717, 1.165) is 25.7 Å². The second kappa shape index (κ2) is 24.8. The second-order valence-electron chi connectivity index (χ2n) is 9.17. The Morgan fingerprint density at radius 3 is 1.09 bits per heavy atom. The minimum absolute atomic E-state index is 0.479. The number of ether oxygens (including phenoxy) is 2. The molecule has 32 heavy (non-hydrogen) atoms. The quantitative estimate of drug-likeness (QED) is 0.113. The fourth-order valence-electron chi connectivity index (χ4n) is 3.78. The lowest BCUT2D eigenvalue weighted by Gasteiger charge is -2.21. The monoisotopic (exact) mass is 456 g/mol. The number of hydrogen-bond acceptors (Lipinski definition) is 5. The SMILES string of the molecule is CCCCN(CCCC)CCCCCOC(=O)OCCCCCN(CCCC)CCCC. The van der Waals surface area contributed by atoms with Crippen molar-refractivity contribution >= 4 is 6.16 Å². The highest BCUT2D eigenvalue weighted by molar-refractivity contribution is 5.59. The van der Waals surface area contributed by atoms with Gasteiger partial charge in [0.1, 0.15) is 0 Å². The van der Waals surface area contributed by atoms with Gasteiger partial charge in [-0.25, -0.2) is 4.79 Å². The van der Waals surface area contributed by atoms with Crippen molar-refractivity contribution in [1.29, 1.82) is 0 Å². The number of rotatable bonds is 24. The molecule has 0 fully saturated rings. The Labute approximate surface area is 200 Å². The van der Waals surface area contributed by atoms with Crippen LogP contribution in [0, 0.1) is 0 Å². The van der Waals surface area contributed by atoms with Crippen molar-refractivity contribution in [2.45, 2.75) is 118 Å². The van der Waals surface area contributed by atoms with Gasteiger partial charge >= 0.3 is 6.16 Å². The summed E-state index contributed by atoms with van der Waals surface area (Å²) in [6, 6.07) is 0. The van der Waals surface area contributed by atoms with Crippen LogP contribution in [0.4, 0.5) is 4.79 Å². The third kappa shape index (κ3) is 21.1. The number of unbranched alkanes of at least 4 members (excludes halogenated alkanes) is 8. The van der Waals surface area contributed by atoms with E-state index >= 15 is 0 Å². The zero-order valence-electron chi connectivity index (χ0n) is 22.2. The zero-order valence-corrected chi connectivity index (χ0v) is 22.2. The van der Waals surface area contributed by atoms with Gasteiger partial charge in [-0.05, 0) is 103 Å². The van der Waals surface area contributed by atoms with Gasteiger partial charge in [-0.15, -0.1) is 0 Å². The van der Waals surface area contributed by atoms with Crippen LogP contribution in [-0.4, -0.2) is 68.4 Å². The van der Waals surface area contributed by atoms with E-state index in [4.69, 9.17) is 9.47 Å². The summed E-state index contributed by atoms with van der Waals surface area (Å²) in [5.74, 6) is 0. The number of nitrogens with zero attached hydrogens (tertiary/aromatic N) is 2. The Hall–Kier alpha value is -0.810. The third-order valence-electron chi connectivity index (χ3n) is 5.99. The summed E-state index contributed by atoms with van der Waals surface area (Å²) < 4.78 is 10.5. The zero-order chi connectivity index (χ0) is 23.7. The molecule has 0 aliphatic heterocycles.